The molecule has 9 nitrogen and oxygen atoms in total. The first-order valence-electron chi connectivity index (χ1n) is 12.1. The number of amides is 4. The van der Waals surface area contributed by atoms with Crippen LogP contribution in [0.2, 0.25) is 5.02 Å². The third-order valence-corrected chi connectivity index (χ3v) is 6.70. The van der Waals surface area contributed by atoms with E-state index >= 15 is 0 Å². The fraction of sp³-hybridized carbons (Fsp3) is 0.179. The largest absolute Gasteiger partial charge is 0.457 e. The van der Waals surface area contributed by atoms with Crippen LogP contribution >= 0.6 is 11.6 Å². The van der Waals surface area contributed by atoms with E-state index in [2.05, 4.69) is 15.3 Å². The number of aromatic amines is 1. The predicted octanol–water partition coefficient (Wildman–Crippen LogP) is 4.97. The van der Waals surface area contributed by atoms with Crippen LogP contribution in [-0.2, 0) is 22.4 Å². The molecule has 0 saturated carbocycles. The molecule has 0 bridgehead atoms. The van der Waals surface area contributed by atoms with Crippen molar-refractivity contribution in [1.29, 1.82) is 0 Å². The normalized spacial score (nSPS) is 15.1. The van der Waals surface area contributed by atoms with Gasteiger partial charge in [0, 0.05) is 42.8 Å². The molecule has 4 amide bonds. The van der Waals surface area contributed by atoms with E-state index in [9.17, 15) is 23.6 Å². The SMILES string of the molecule is CCC(=O)c1cc(Oc2ccc(CC(=O)N3C(=O)NC(Cc4c[nH]c5c(Cl)cccc45)C3=O)c(F)c2)ccn1. The van der Waals surface area contributed by atoms with Gasteiger partial charge >= 0.3 is 6.03 Å². The van der Waals surface area contributed by atoms with Gasteiger partial charge in [0.1, 0.15) is 29.1 Å². The van der Waals surface area contributed by atoms with Gasteiger partial charge in [-0.1, -0.05) is 36.7 Å². The molecule has 1 aliphatic rings. The summed E-state index contributed by atoms with van der Waals surface area (Å²) < 4.78 is 20.5. The third kappa shape index (κ3) is 5.23. The Labute approximate surface area is 226 Å². The Morgan fingerprint density at radius 1 is 1.10 bits per heavy atom. The number of aromatic nitrogens is 2. The summed E-state index contributed by atoms with van der Waals surface area (Å²) in [5.74, 6) is -2.04. The standard InChI is InChI=1S/C28H22ClFN4O5/c1-2-24(35)22-13-18(8-9-31-22)39-17-7-6-15(21(30)12-17)11-25(36)34-27(37)23(33-28(34)38)10-16-14-32-26-19(16)4-3-5-20(26)29/h3-9,12-14,23,32H,2,10-11H2,1H3,(H,33,38). The molecule has 2 aromatic carbocycles. The van der Waals surface area contributed by atoms with Gasteiger partial charge in [-0.2, -0.15) is 4.90 Å². The number of nitrogens with zero attached hydrogens (tertiary/aromatic N) is 2. The van der Waals surface area contributed by atoms with Crippen molar-refractivity contribution in [1.82, 2.24) is 20.2 Å². The van der Waals surface area contributed by atoms with Gasteiger partial charge in [0.05, 0.1) is 17.0 Å². The average Bonchev–Trinajstić information content (AvgIpc) is 3.46. The van der Waals surface area contributed by atoms with Crippen LogP contribution in [0.3, 0.4) is 0 Å². The molecule has 39 heavy (non-hydrogen) atoms. The molecular formula is C28H22ClFN4O5. The highest BCUT2D eigenvalue weighted by Gasteiger charge is 2.42. The van der Waals surface area contributed by atoms with Crippen molar-refractivity contribution in [3.05, 3.63) is 88.6 Å². The average molecular weight is 549 g/mol. The number of nitrogens with one attached hydrogen (secondary N) is 2. The summed E-state index contributed by atoms with van der Waals surface area (Å²) in [6, 6.07) is 10.4. The summed E-state index contributed by atoms with van der Waals surface area (Å²) in [6.45, 7) is 1.71. The van der Waals surface area contributed by atoms with Crippen LogP contribution in [0.25, 0.3) is 10.9 Å². The fourth-order valence-corrected chi connectivity index (χ4v) is 4.62. The smallest absolute Gasteiger partial charge is 0.331 e. The molecule has 1 unspecified atom stereocenters. The Morgan fingerprint density at radius 2 is 1.90 bits per heavy atom. The second kappa shape index (κ2) is 10.7. The van der Waals surface area contributed by atoms with Crippen molar-refractivity contribution in [2.24, 2.45) is 0 Å². The van der Waals surface area contributed by atoms with E-state index in [4.69, 9.17) is 16.3 Å². The van der Waals surface area contributed by atoms with Gasteiger partial charge in [-0.3, -0.25) is 19.4 Å². The summed E-state index contributed by atoms with van der Waals surface area (Å²) >= 11 is 6.19. The van der Waals surface area contributed by atoms with E-state index in [1.54, 1.807) is 25.3 Å². The molecule has 198 valence electrons. The zero-order valence-corrected chi connectivity index (χ0v) is 21.4. The molecular weight excluding hydrogens is 527 g/mol. The zero-order valence-electron chi connectivity index (χ0n) is 20.7. The number of fused-ring (bicyclic) bond motifs is 1. The Kier molecular flexibility index (Phi) is 7.12. The van der Waals surface area contributed by atoms with Crippen molar-refractivity contribution in [3.63, 3.8) is 0 Å². The second-order valence-electron chi connectivity index (χ2n) is 8.94. The van der Waals surface area contributed by atoms with Gasteiger partial charge < -0.3 is 15.0 Å². The molecule has 3 heterocycles. The van der Waals surface area contributed by atoms with Gasteiger partial charge in [-0.15, -0.1) is 0 Å². The molecule has 5 rings (SSSR count). The lowest BCUT2D eigenvalue weighted by molar-refractivity contribution is -0.139. The number of imide groups is 3. The number of rotatable bonds is 8. The molecule has 2 aromatic heterocycles. The highest BCUT2D eigenvalue weighted by molar-refractivity contribution is 6.35. The van der Waals surface area contributed by atoms with E-state index in [-0.39, 0.29) is 35.6 Å². The first kappa shape index (κ1) is 26.1. The molecule has 0 aliphatic carbocycles. The van der Waals surface area contributed by atoms with E-state index < -0.39 is 36.1 Å². The summed E-state index contributed by atoms with van der Waals surface area (Å²) in [4.78, 5) is 57.8. The number of hydrogen-bond acceptors (Lipinski definition) is 6. The maximum absolute atomic E-state index is 14.8. The first-order valence-corrected chi connectivity index (χ1v) is 12.5. The van der Waals surface area contributed by atoms with Crippen molar-refractivity contribution < 1.29 is 28.3 Å². The van der Waals surface area contributed by atoms with Crippen LogP contribution < -0.4 is 10.1 Å². The van der Waals surface area contributed by atoms with Gasteiger partial charge in [0.25, 0.3) is 5.91 Å². The lowest BCUT2D eigenvalue weighted by Gasteiger charge is -2.13. The number of para-hydroxylation sites is 1. The quantitative estimate of drug-likeness (QED) is 0.237. The number of H-pyrrole nitrogens is 1. The lowest BCUT2D eigenvalue weighted by Crippen LogP contribution is -2.38. The number of pyridine rings is 1. The number of benzene rings is 2. The van der Waals surface area contributed by atoms with Crippen LogP contribution in [-0.4, -0.2) is 44.5 Å². The number of ketones is 1. The van der Waals surface area contributed by atoms with Gasteiger partial charge in [0.2, 0.25) is 5.91 Å². The fourth-order valence-electron chi connectivity index (χ4n) is 4.39. The van der Waals surface area contributed by atoms with Crippen molar-refractivity contribution in [2.45, 2.75) is 32.2 Å². The number of ether oxygens (including phenoxy) is 1. The molecule has 1 aliphatic heterocycles. The van der Waals surface area contributed by atoms with Gasteiger partial charge in [-0.25, -0.2) is 9.18 Å². The molecule has 0 spiro atoms. The van der Waals surface area contributed by atoms with E-state index in [1.165, 1.54) is 30.5 Å². The van der Waals surface area contributed by atoms with Crippen LogP contribution in [0.4, 0.5) is 9.18 Å². The van der Waals surface area contributed by atoms with E-state index in [0.717, 1.165) is 17.0 Å². The monoisotopic (exact) mass is 548 g/mol. The van der Waals surface area contributed by atoms with Crippen LogP contribution in [0.1, 0.15) is 35.0 Å². The van der Waals surface area contributed by atoms with Crippen molar-refractivity contribution in [2.75, 3.05) is 0 Å². The topological polar surface area (TPSA) is 121 Å². The van der Waals surface area contributed by atoms with Crippen LogP contribution in [0.5, 0.6) is 11.5 Å². The Balaban J connectivity index is 1.26. The molecule has 11 heteroatoms. The predicted molar refractivity (Wildman–Crippen MR) is 140 cm³/mol. The molecule has 1 fully saturated rings. The Morgan fingerprint density at radius 3 is 2.67 bits per heavy atom. The van der Waals surface area contributed by atoms with E-state index in [1.807, 2.05) is 6.07 Å². The Hall–Kier alpha value is -4.57. The van der Waals surface area contributed by atoms with Crippen molar-refractivity contribution >= 4 is 46.1 Å². The highest BCUT2D eigenvalue weighted by atomic mass is 35.5. The lowest BCUT2D eigenvalue weighted by atomic mass is 10.0. The maximum atomic E-state index is 14.8. The minimum absolute atomic E-state index is 0.0146. The summed E-state index contributed by atoms with van der Waals surface area (Å²) in [5.41, 5.74) is 1.68. The maximum Gasteiger partial charge on any atom is 0.331 e. The van der Waals surface area contributed by atoms with E-state index in [0.29, 0.717) is 21.2 Å². The number of halogens is 2. The number of Topliss-reactive ketones (excluding diaryl/α,β-unsaturated/α-hetero) is 1. The van der Waals surface area contributed by atoms with Crippen LogP contribution in [0.15, 0.2) is 60.9 Å². The van der Waals surface area contributed by atoms with Crippen LogP contribution in [0, 0.1) is 5.82 Å². The number of hydrogen-bond donors (Lipinski definition) is 2. The zero-order chi connectivity index (χ0) is 27.7. The number of carbonyl (C=O) groups excluding carboxylic acids is 4. The molecule has 0 radical (unpaired) electrons. The Bertz CT molecular complexity index is 1640. The first-order chi connectivity index (χ1) is 18.7. The summed E-state index contributed by atoms with van der Waals surface area (Å²) in [6.07, 6.45) is 3.04. The third-order valence-electron chi connectivity index (χ3n) is 6.38. The highest BCUT2D eigenvalue weighted by Crippen LogP contribution is 2.28. The number of carbonyl (C=O) groups is 4. The summed E-state index contributed by atoms with van der Waals surface area (Å²) in [5, 5.41) is 3.86. The minimum Gasteiger partial charge on any atom is -0.457 e. The molecule has 1 atom stereocenters. The van der Waals surface area contributed by atoms with Gasteiger partial charge in [0.15, 0.2) is 5.78 Å². The summed E-state index contributed by atoms with van der Waals surface area (Å²) in [7, 11) is 0. The van der Waals surface area contributed by atoms with Crippen molar-refractivity contribution in [3.8, 4) is 11.5 Å². The molecule has 4 aromatic rings. The minimum atomic E-state index is -0.954. The molecule has 2 N–H and O–H groups in total. The second-order valence-corrected chi connectivity index (χ2v) is 9.34. The van der Waals surface area contributed by atoms with Gasteiger partial charge in [-0.05, 0) is 29.3 Å². The number of urea groups is 1. The molecule has 1 saturated heterocycles.